The van der Waals surface area contributed by atoms with Crippen molar-refractivity contribution >= 4 is 17.3 Å². The van der Waals surface area contributed by atoms with Crippen LogP contribution < -0.4 is 11.1 Å². The minimum atomic E-state index is -0.336. The lowest BCUT2D eigenvalue weighted by molar-refractivity contribution is 0.0601. The van der Waals surface area contributed by atoms with E-state index in [1.807, 2.05) is 0 Å². The van der Waals surface area contributed by atoms with Gasteiger partial charge in [0.05, 0.1) is 24.0 Å². The topological polar surface area (TPSA) is 64.3 Å². The number of rotatable bonds is 4. The van der Waals surface area contributed by atoms with Gasteiger partial charge in [-0.15, -0.1) is 0 Å². The Labute approximate surface area is 114 Å². The Bertz CT molecular complexity index is 459. The summed E-state index contributed by atoms with van der Waals surface area (Å²) in [6, 6.07) is 5.19. The summed E-state index contributed by atoms with van der Waals surface area (Å²) in [5.41, 5.74) is 7.94. The van der Waals surface area contributed by atoms with Gasteiger partial charge in [0.25, 0.3) is 0 Å². The summed E-state index contributed by atoms with van der Waals surface area (Å²) in [6.45, 7) is 3.21. The Morgan fingerprint density at radius 1 is 1.47 bits per heavy atom. The number of ether oxygens (including phenoxy) is 1. The SMILES string of the molecule is COC(=O)c1ccc(N)c(NCC2CCC(C)C2)c1. The summed E-state index contributed by atoms with van der Waals surface area (Å²) in [4.78, 5) is 11.5. The van der Waals surface area contributed by atoms with E-state index in [4.69, 9.17) is 10.5 Å². The number of esters is 1. The Balaban J connectivity index is 2.00. The molecule has 4 nitrogen and oxygen atoms in total. The smallest absolute Gasteiger partial charge is 0.337 e. The number of nitrogen functional groups attached to an aromatic ring is 1. The maximum Gasteiger partial charge on any atom is 0.337 e. The molecule has 104 valence electrons. The van der Waals surface area contributed by atoms with E-state index in [-0.39, 0.29) is 5.97 Å². The number of nitrogens with one attached hydrogen (secondary N) is 1. The number of anilines is 2. The van der Waals surface area contributed by atoms with E-state index in [9.17, 15) is 4.79 Å². The summed E-state index contributed by atoms with van der Waals surface area (Å²) in [5, 5.41) is 3.36. The predicted octanol–water partition coefficient (Wildman–Crippen LogP) is 2.90. The molecular formula is C15H22N2O2. The predicted molar refractivity (Wildman–Crippen MR) is 77.2 cm³/mol. The Hall–Kier alpha value is -1.71. The number of benzene rings is 1. The molecule has 1 aliphatic rings. The minimum Gasteiger partial charge on any atom is -0.465 e. The first kappa shape index (κ1) is 13.7. The maximum atomic E-state index is 11.5. The Kier molecular flexibility index (Phi) is 4.30. The van der Waals surface area contributed by atoms with Gasteiger partial charge in [-0.05, 0) is 42.9 Å². The third-order valence-electron chi connectivity index (χ3n) is 3.86. The van der Waals surface area contributed by atoms with Gasteiger partial charge in [-0.3, -0.25) is 0 Å². The second kappa shape index (κ2) is 5.95. The summed E-state index contributed by atoms with van der Waals surface area (Å²) < 4.78 is 4.72. The molecule has 0 bridgehead atoms. The van der Waals surface area contributed by atoms with Gasteiger partial charge in [0, 0.05) is 6.54 Å². The summed E-state index contributed by atoms with van der Waals surface area (Å²) >= 11 is 0. The zero-order valence-corrected chi connectivity index (χ0v) is 11.6. The van der Waals surface area contributed by atoms with Crippen LogP contribution in [0.4, 0.5) is 11.4 Å². The van der Waals surface area contributed by atoms with E-state index in [0.717, 1.165) is 18.2 Å². The summed E-state index contributed by atoms with van der Waals surface area (Å²) in [5.74, 6) is 1.19. The lowest BCUT2D eigenvalue weighted by Gasteiger charge is -2.14. The molecule has 1 aromatic rings. The lowest BCUT2D eigenvalue weighted by atomic mass is 10.1. The molecule has 3 N–H and O–H groups in total. The second-order valence-corrected chi connectivity index (χ2v) is 5.46. The van der Waals surface area contributed by atoms with Crippen molar-refractivity contribution in [2.75, 3.05) is 24.7 Å². The highest BCUT2D eigenvalue weighted by Crippen LogP contribution is 2.31. The molecule has 0 heterocycles. The van der Waals surface area contributed by atoms with Crippen molar-refractivity contribution in [3.8, 4) is 0 Å². The van der Waals surface area contributed by atoms with Gasteiger partial charge in [0.15, 0.2) is 0 Å². The van der Waals surface area contributed by atoms with E-state index >= 15 is 0 Å². The minimum absolute atomic E-state index is 0.336. The van der Waals surface area contributed by atoms with Crippen LogP contribution in [0.15, 0.2) is 18.2 Å². The molecule has 4 heteroatoms. The molecule has 19 heavy (non-hydrogen) atoms. The van der Waals surface area contributed by atoms with Gasteiger partial charge < -0.3 is 15.8 Å². The van der Waals surface area contributed by atoms with Crippen LogP contribution in [0.3, 0.4) is 0 Å². The molecule has 1 fully saturated rings. The zero-order valence-electron chi connectivity index (χ0n) is 11.6. The Morgan fingerprint density at radius 2 is 2.26 bits per heavy atom. The van der Waals surface area contributed by atoms with Crippen molar-refractivity contribution < 1.29 is 9.53 Å². The fourth-order valence-corrected chi connectivity index (χ4v) is 2.72. The first-order chi connectivity index (χ1) is 9.10. The average molecular weight is 262 g/mol. The quantitative estimate of drug-likeness (QED) is 0.647. The molecule has 0 saturated heterocycles. The van der Waals surface area contributed by atoms with Crippen molar-refractivity contribution in [2.24, 2.45) is 11.8 Å². The highest BCUT2D eigenvalue weighted by Gasteiger charge is 2.21. The molecule has 0 aliphatic heterocycles. The largest absolute Gasteiger partial charge is 0.465 e. The van der Waals surface area contributed by atoms with E-state index in [2.05, 4.69) is 12.2 Å². The molecule has 0 spiro atoms. The van der Waals surface area contributed by atoms with Crippen LogP contribution in [0.2, 0.25) is 0 Å². The molecular weight excluding hydrogens is 240 g/mol. The first-order valence-corrected chi connectivity index (χ1v) is 6.82. The van der Waals surface area contributed by atoms with Gasteiger partial charge in [-0.25, -0.2) is 4.79 Å². The highest BCUT2D eigenvalue weighted by molar-refractivity contribution is 5.91. The third kappa shape index (κ3) is 3.40. The van der Waals surface area contributed by atoms with E-state index < -0.39 is 0 Å². The monoisotopic (exact) mass is 262 g/mol. The molecule has 0 radical (unpaired) electrons. The van der Waals surface area contributed by atoms with Gasteiger partial charge in [-0.2, -0.15) is 0 Å². The van der Waals surface area contributed by atoms with Crippen molar-refractivity contribution in [2.45, 2.75) is 26.2 Å². The molecule has 0 aromatic heterocycles. The number of hydrogen-bond acceptors (Lipinski definition) is 4. The molecule has 1 aromatic carbocycles. The third-order valence-corrected chi connectivity index (χ3v) is 3.86. The van der Waals surface area contributed by atoms with Gasteiger partial charge >= 0.3 is 5.97 Å². The molecule has 2 unspecified atom stereocenters. The van der Waals surface area contributed by atoms with Crippen LogP contribution in [0.25, 0.3) is 0 Å². The standard InChI is InChI=1S/C15H22N2O2/c1-10-3-4-11(7-10)9-17-14-8-12(15(18)19-2)5-6-13(14)16/h5-6,8,10-11,17H,3-4,7,9,16H2,1-2H3. The van der Waals surface area contributed by atoms with E-state index in [0.29, 0.717) is 17.2 Å². The van der Waals surface area contributed by atoms with Crippen LogP contribution in [0.1, 0.15) is 36.5 Å². The normalized spacial score (nSPS) is 22.2. The fraction of sp³-hybridized carbons (Fsp3) is 0.533. The van der Waals surface area contributed by atoms with Crippen LogP contribution >= 0.6 is 0 Å². The number of carbonyl (C=O) groups is 1. The van der Waals surface area contributed by atoms with Crippen LogP contribution in [-0.2, 0) is 4.74 Å². The van der Waals surface area contributed by atoms with Gasteiger partial charge in [0.2, 0.25) is 0 Å². The molecule has 0 amide bonds. The van der Waals surface area contributed by atoms with Crippen molar-refractivity contribution in [3.05, 3.63) is 23.8 Å². The molecule has 1 saturated carbocycles. The maximum absolute atomic E-state index is 11.5. The molecule has 1 aliphatic carbocycles. The van der Waals surface area contributed by atoms with Crippen molar-refractivity contribution in [3.63, 3.8) is 0 Å². The number of methoxy groups -OCH3 is 1. The van der Waals surface area contributed by atoms with Crippen molar-refractivity contribution in [1.29, 1.82) is 0 Å². The lowest BCUT2D eigenvalue weighted by Crippen LogP contribution is -2.13. The van der Waals surface area contributed by atoms with Crippen LogP contribution in [-0.4, -0.2) is 19.6 Å². The number of hydrogen-bond donors (Lipinski definition) is 2. The Morgan fingerprint density at radius 3 is 2.89 bits per heavy atom. The van der Waals surface area contributed by atoms with E-state index in [1.165, 1.54) is 26.4 Å². The molecule has 2 rings (SSSR count). The average Bonchev–Trinajstić information content (AvgIpc) is 2.82. The highest BCUT2D eigenvalue weighted by atomic mass is 16.5. The summed E-state index contributed by atoms with van der Waals surface area (Å²) in [7, 11) is 1.38. The first-order valence-electron chi connectivity index (χ1n) is 6.82. The second-order valence-electron chi connectivity index (χ2n) is 5.46. The summed E-state index contributed by atoms with van der Waals surface area (Å²) in [6.07, 6.45) is 3.85. The van der Waals surface area contributed by atoms with Crippen LogP contribution in [0.5, 0.6) is 0 Å². The van der Waals surface area contributed by atoms with Gasteiger partial charge in [-0.1, -0.05) is 13.3 Å². The van der Waals surface area contributed by atoms with Gasteiger partial charge in [0.1, 0.15) is 0 Å². The number of nitrogens with two attached hydrogens (primary N) is 1. The van der Waals surface area contributed by atoms with Crippen molar-refractivity contribution in [1.82, 2.24) is 0 Å². The zero-order chi connectivity index (χ0) is 13.8. The number of carbonyl (C=O) groups excluding carboxylic acids is 1. The van der Waals surface area contributed by atoms with Crippen LogP contribution in [0, 0.1) is 11.8 Å². The molecule has 2 atom stereocenters. The fourth-order valence-electron chi connectivity index (χ4n) is 2.72. The van der Waals surface area contributed by atoms with E-state index in [1.54, 1.807) is 18.2 Å².